The zero-order chi connectivity index (χ0) is 16.6. The average molecular weight is 351 g/mol. The van der Waals surface area contributed by atoms with Crippen LogP contribution in [-0.2, 0) is 17.6 Å². The molecule has 0 saturated heterocycles. The molecule has 0 saturated carbocycles. The van der Waals surface area contributed by atoms with Crippen LogP contribution in [0, 0.1) is 5.92 Å². The van der Waals surface area contributed by atoms with E-state index in [0.717, 1.165) is 29.5 Å². The molecule has 2 heterocycles. The van der Waals surface area contributed by atoms with Gasteiger partial charge in [-0.05, 0) is 44.6 Å². The van der Waals surface area contributed by atoms with Gasteiger partial charge in [0.25, 0.3) is 5.56 Å². The van der Waals surface area contributed by atoms with Crippen molar-refractivity contribution in [3.63, 3.8) is 0 Å². The van der Waals surface area contributed by atoms with Crippen LogP contribution in [0.3, 0.4) is 0 Å². The van der Waals surface area contributed by atoms with Crippen molar-refractivity contribution in [2.24, 2.45) is 5.92 Å². The van der Waals surface area contributed by atoms with Crippen molar-refractivity contribution in [1.29, 1.82) is 0 Å². The van der Waals surface area contributed by atoms with Crippen LogP contribution in [-0.4, -0.2) is 27.7 Å². The van der Waals surface area contributed by atoms with E-state index in [2.05, 4.69) is 22.2 Å². The molecular weight excluding hydrogens is 330 g/mol. The minimum absolute atomic E-state index is 0.0421. The Balaban J connectivity index is 1.93. The maximum absolute atomic E-state index is 12.5. The number of aromatic nitrogens is 2. The predicted octanol–water partition coefficient (Wildman–Crippen LogP) is 2.73. The van der Waals surface area contributed by atoms with E-state index in [9.17, 15) is 9.59 Å². The molecule has 7 heteroatoms. The molecule has 2 N–H and O–H groups in total. The van der Waals surface area contributed by atoms with Crippen LogP contribution < -0.4 is 10.9 Å². The lowest BCUT2D eigenvalue weighted by atomic mass is 9.89. The molecule has 5 nitrogen and oxygen atoms in total. The van der Waals surface area contributed by atoms with Gasteiger partial charge in [0, 0.05) is 11.4 Å². The van der Waals surface area contributed by atoms with Gasteiger partial charge in [0.15, 0.2) is 5.16 Å². The normalized spacial score (nSPS) is 18.7. The SMILES string of the molecule is CCNC(=O)[C@@H](C)Sc1nc2sc3c(c2c(=O)[nH]1)CC[C@@H](C)C3. The molecule has 124 valence electrons. The van der Waals surface area contributed by atoms with E-state index in [1.54, 1.807) is 11.3 Å². The van der Waals surface area contributed by atoms with Crippen molar-refractivity contribution in [1.82, 2.24) is 15.3 Å². The van der Waals surface area contributed by atoms with E-state index in [0.29, 0.717) is 17.6 Å². The van der Waals surface area contributed by atoms with Crippen molar-refractivity contribution >= 4 is 39.2 Å². The molecular formula is C16H21N3O2S2. The lowest BCUT2D eigenvalue weighted by Crippen LogP contribution is -2.30. The number of hydrogen-bond donors (Lipinski definition) is 2. The lowest BCUT2D eigenvalue weighted by molar-refractivity contribution is -0.120. The van der Waals surface area contributed by atoms with Crippen LogP contribution in [0.2, 0.25) is 0 Å². The molecule has 0 fully saturated rings. The van der Waals surface area contributed by atoms with E-state index < -0.39 is 0 Å². The third-order valence-corrected chi connectivity index (χ3v) is 6.28. The Hall–Kier alpha value is -1.34. The van der Waals surface area contributed by atoms with Crippen molar-refractivity contribution in [2.45, 2.75) is 50.4 Å². The lowest BCUT2D eigenvalue weighted by Gasteiger charge is -2.17. The van der Waals surface area contributed by atoms with Crippen LogP contribution in [0.5, 0.6) is 0 Å². The van der Waals surface area contributed by atoms with Gasteiger partial charge >= 0.3 is 0 Å². The number of amides is 1. The number of fused-ring (bicyclic) bond motifs is 3. The van der Waals surface area contributed by atoms with Crippen molar-refractivity contribution in [2.75, 3.05) is 6.54 Å². The molecule has 1 aliphatic rings. The highest BCUT2D eigenvalue weighted by molar-refractivity contribution is 8.00. The summed E-state index contributed by atoms with van der Waals surface area (Å²) < 4.78 is 0. The third-order valence-electron chi connectivity index (χ3n) is 4.15. The predicted molar refractivity (Wildman–Crippen MR) is 95.4 cm³/mol. The smallest absolute Gasteiger partial charge is 0.260 e. The summed E-state index contributed by atoms with van der Waals surface area (Å²) in [4.78, 5) is 33.9. The summed E-state index contributed by atoms with van der Waals surface area (Å²) in [6.45, 7) is 6.56. The maximum atomic E-state index is 12.5. The second kappa shape index (κ2) is 6.65. The summed E-state index contributed by atoms with van der Waals surface area (Å²) in [6, 6.07) is 0. The largest absolute Gasteiger partial charge is 0.355 e. The van der Waals surface area contributed by atoms with E-state index in [1.807, 2.05) is 13.8 Å². The van der Waals surface area contributed by atoms with Gasteiger partial charge in [-0.1, -0.05) is 18.7 Å². The molecule has 2 aromatic heterocycles. The molecule has 0 aliphatic heterocycles. The molecule has 2 atom stereocenters. The van der Waals surface area contributed by atoms with Gasteiger partial charge in [0.2, 0.25) is 5.91 Å². The van der Waals surface area contributed by atoms with Crippen LogP contribution >= 0.6 is 23.1 Å². The van der Waals surface area contributed by atoms with Crippen molar-refractivity contribution in [3.8, 4) is 0 Å². The number of nitrogens with one attached hydrogen (secondary N) is 2. The van der Waals surface area contributed by atoms with Gasteiger partial charge in [0.05, 0.1) is 10.6 Å². The summed E-state index contributed by atoms with van der Waals surface area (Å²) >= 11 is 2.93. The Morgan fingerprint density at radius 2 is 2.35 bits per heavy atom. The fourth-order valence-corrected chi connectivity index (χ4v) is 5.19. The number of thioether (sulfide) groups is 1. The average Bonchev–Trinajstić information content (AvgIpc) is 2.84. The van der Waals surface area contributed by atoms with E-state index >= 15 is 0 Å². The second-order valence-electron chi connectivity index (χ2n) is 6.06. The number of aromatic amines is 1. The number of aryl methyl sites for hydroxylation is 1. The fraction of sp³-hybridized carbons (Fsp3) is 0.562. The monoisotopic (exact) mass is 351 g/mol. The minimum atomic E-state index is -0.287. The van der Waals surface area contributed by atoms with Gasteiger partial charge in [-0.3, -0.25) is 9.59 Å². The Labute approximate surface area is 143 Å². The number of nitrogens with zero attached hydrogens (tertiary/aromatic N) is 1. The van der Waals surface area contributed by atoms with Crippen molar-refractivity contribution in [3.05, 3.63) is 20.8 Å². The van der Waals surface area contributed by atoms with Crippen LogP contribution in [0.4, 0.5) is 0 Å². The first kappa shape index (κ1) is 16.5. The summed E-state index contributed by atoms with van der Waals surface area (Å²) in [5.41, 5.74) is 1.11. The van der Waals surface area contributed by atoms with Crippen molar-refractivity contribution < 1.29 is 4.79 Å². The molecule has 0 spiro atoms. The van der Waals surface area contributed by atoms with E-state index in [4.69, 9.17) is 0 Å². The zero-order valence-electron chi connectivity index (χ0n) is 13.6. The first-order valence-corrected chi connectivity index (χ1v) is 9.68. The molecule has 3 rings (SSSR count). The summed E-state index contributed by atoms with van der Waals surface area (Å²) in [6.07, 6.45) is 3.12. The molecule has 2 aromatic rings. The number of hydrogen-bond acceptors (Lipinski definition) is 5. The summed E-state index contributed by atoms with van der Waals surface area (Å²) in [7, 11) is 0. The van der Waals surface area contributed by atoms with Gasteiger partial charge in [-0.2, -0.15) is 0 Å². The molecule has 0 aromatic carbocycles. The molecule has 0 radical (unpaired) electrons. The fourth-order valence-electron chi connectivity index (χ4n) is 2.92. The highest BCUT2D eigenvalue weighted by Gasteiger charge is 2.23. The molecule has 1 amide bonds. The first-order valence-electron chi connectivity index (χ1n) is 7.98. The summed E-state index contributed by atoms with van der Waals surface area (Å²) in [5.74, 6) is 0.626. The number of carbonyl (C=O) groups is 1. The van der Waals surface area contributed by atoms with Gasteiger partial charge in [-0.15, -0.1) is 11.3 Å². The van der Waals surface area contributed by atoms with E-state index in [-0.39, 0.29) is 16.7 Å². The Morgan fingerprint density at radius 3 is 3.09 bits per heavy atom. The second-order valence-corrected chi connectivity index (χ2v) is 8.47. The number of H-pyrrole nitrogens is 1. The number of rotatable bonds is 4. The molecule has 0 bridgehead atoms. The first-order chi connectivity index (χ1) is 11.0. The Morgan fingerprint density at radius 1 is 1.57 bits per heavy atom. The molecule has 1 aliphatic carbocycles. The third kappa shape index (κ3) is 3.30. The zero-order valence-corrected chi connectivity index (χ0v) is 15.2. The maximum Gasteiger partial charge on any atom is 0.260 e. The standard InChI is InChI=1S/C16H21N3O2S2/c1-4-17-13(20)9(3)22-16-18-14(21)12-10-6-5-8(2)7-11(10)23-15(12)19-16/h8-9H,4-7H2,1-3H3,(H,17,20)(H,18,19,21)/t8-,9-/m1/s1. The highest BCUT2D eigenvalue weighted by atomic mass is 32.2. The topological polar surface area (TPSA) is 74.8 Å². The van der Waals surface area contributed by atoms with Gasteiger partial charge in [-0.25, -0.2) is 4.98 Å². The van der Waals surface area contributed by atoms with E-state index in [1.165, 1.54) is 22.2 Å². The minimum Gasteiger partial charge on any atom is -0.355 e. The number of thiophene rings is 1. The van der Waals surface area contributed by atoms with Crippen LogP contribution in [0.25, 0.3) is 10.2 Å². The quantitative estimate of drug-likeness (QED) is 0.656. The highest BCUT2D eigenvalue weighted by Crippen LogP contribution is 2.36. The molecule has 23 heavy (non-hydrogen) atoms. The molecule has 0 unspecified atom stereocenters. The number of carbonyl (C=O) groups excluding carboxylic acids is 1. The van der Waals surface area contributed by atoms with Gasteiger partial charge in [0.1, 0.15) is 4.83 Å². The van der Waals surface area contributed by atoms with Crippen LogP contribution in [0.1, 0.15) is 37.6 Å². The summed E-state index contributed by atoms with van der Waals surface area (Å²) in [5, 5.41) is 3.78. The Bertz CT molecular complexity index is 796. The van der Waals surface area contributed by atoms with Crippen LogP contribution in [0.15, 0.2) is 9.95 Å². The Kier molecular flexibility index (Phi) is 4.77. The van der Waals surface area contributed by atoms with Gasteiger partial charge < -0.3 is 10.3 Å².